The van der Waals surface area contributed by atoms with E-state index in [1.54, 1.807) is 12.4 Å². The van der Waals surface area contributed by atoms with Gasteiger partial charge in [0.25, 0.3) is 5.91 Å². The number of H-pyrrole nitrogens is 1. The smallest absolute Gasteiger partial charge is 0.285 e. The van der Waals surface area contributed by atoms with Crippen molar-refractivity contribution in [3.63, 3.8) is 0 Å². The maximum atomic E-state index is 12.3. The van der Waals surface area contributed by atoms with Crippen LogP contribution in [0.4, 0.5) is 5.82 Å². The standard InChI is InChI=1S/C19H19N7O3S/c1-25(12-13-6-4-3-5-7-13)17-9-16(14-10-20-21-11-14)26-18(22-17)8-15(23-26)19(27)24-30(2,28)29/h3-11H,12H2,1-2H3,(H,20,21)(H,24,27). The summed E-state index contributed by atoms with van der Waals surface area (Å²) in [6, 6.07) is 13.2. The van der Waals surface area contributed by atoms with E-state index in [4.69, 9.17) is 0 Å². The van der Waals surface area contributed by atoms with Crippen LogP contribution in [0.2, 0.25) is 0 Å². The van der Waals surface area contributed by atoms with Crippen LogP contribution < -0.4 is 9.62 Å². The largest absolute Gasteiger partial charge is 0.355 e. The molecular weight excluding hydrogens is 406 g/mol. The molecule has 0 radical (unpaired) electrons. The van der Waals surface area contributed by atoms with Crippen molar-refractivity contribution < 1.29 is 13.2 Å². The second-order valence-corrected chi connectivity index (χ2v) is 8.58. The predicted molar refractivity (Wildman–Crippen MR) is 111 cm³/mol. The topological polar surface area (TPSA) is 125 Å². The SMILES string of the molecule is CN(Cc1ccccc1)c1cc(-c2cn[nH]c2)n2nc(C(=O)NS(C)(=O)=O)cc2n1. The van der Waals surface area contributed by atoms with Crippen molar-refractivity contribution in [3.8, 4) is 11.3 Å². The Kier molecular flexibility index (Phi) is 4.96. The summed E-state index contributed by atoms with van der Waals surface area (Å²) in [5.74, 6) is -0.155. The van der Waals surface area contributed by atoms with E-state index in [1.807, 2.05) is 53.1 Å². The van der Waals surface area contributed by atoms with Crippen LogP contribution in [0.25, 0.3) is 16.9 Å². The summed E-state index contributed by atoms with van der Waals surface area (Å²) in [4.78, 5) is 18.8. The van der Waals surface area contributed by atoms with E-state index >= 15 is 0 Å². The van der Waals surface area contributed by atoms with Crippen LogP contribution in [-0.2, 0) is 16.6 Å². The molecule has 154 valence electrons. The van der Waals surface area contributed by atoms with Crippen molar-refractivity contribution in [2.24, 2.45) is 0 Å². The molecule has 4 aromatic rings. The molecule has 1 amide bonds. The minimum absolute atomic E-state index is 0.0551. The number of amides is 1. The van der Waals surface area contributed by atoms with E-state index < -0.39 is 15.9 Å². The quantitative estimate of drug-likeness (QED) is 0.479. The molecule has 10 nitrogen and oxygen atoms in total. The summed E-state index contributed by atoms with van der Waals surface area (Å²) < 4.78 is 26.2. The highest BCUT2D eigenvalue weighted by atomic mass is 32.2. The van der Waals surface area contributed by atoms with Gasteiger partial charge in [-0.05, 0) is 5.56 Å². The van der Waals surface area contributed by atoms with Gasteiger partial charge in [-0.15, -0.1) is 0 Å². The molecule has 4 rings (SSSR count). The Balaban J connectivity index is 1.78. The molecule has 2 N–H and O–H groups in total. The van der Waals surface area contributed by atoms with E-state index in [1.165, 1.54) is 10.6 Å². The highest BCUT2D eigenvalue weighted by Gasteiger charge is 2.19. The number of aromatic amines is 1. The number of fused-ring (bicyclic) bond motifs is 1. The monoisotopic (exact) mass is 425 g/mol. The average molecular weight is 425 g/mol. The molecular formula is C19H19N7O3S. The van der Waals surface area contributed by atoms with E-state index in [0.717, 1.165) is 17.4 Å². The van der Waals surface area contributed by atoms with Crippen LogP contribution in [0.15, 0.2) is 54.9 Å². The maximum Gasteiger partial charge on any atom is 0.285 e. The Labute approximate surface area is 172 Å². The van der Waals surface area contributed by atoms with Crippen LogP contribution in [-0.4, -0.2) is 52.4 Å². The summed E-state index contributed by atoms with van der Waals surface area (Å²) in [7, 11) is -1.80. The lowest BCUT2D eigenvalue weighted by molar-refractivity contribution is 0.0976. The fourth-order valence-electron chi connectivity index (χ4n) is 3.02. The zero-order valence-electron chi connectivity index (χ0n) is 16.3. The van der Waals surface area contributed by atoms with Crippen LogP contribution in [0.1, 0.15) is 16.1 Å². The molecule has 11 heteroatoms. The maximum absolute atomic E-state index is 12.3. The van der Waals surface area contributed by atoms with Crippen molar-refractivity contribution in [2.75, 3.05) is 18.2 Å². The van der Waals surface area contributed by atoms with Gasteiger partial charge in [0.1, 0.15) is 5.82 Å². The first-order chi connectivity index (χ1) is 14.3. The molecule has 1 aromatic carbocycles. The second kappa shape index (κ2) is 7.59. The highest BCUT2D eigenvalue weighted by molar-refractivity contribution is 7.89. The molecule has 0 bridgehead atoms. The van der Waals surface area contributed by atoms with Crippen LogP contribution in [0, 0.1) is 0 Å². The van der Waals surface area contributed by atoms with Crippen molar-refractivity contribution in [1.29, 1.82) is 0 Å². The second-order valence-electron chi connectivity index (χ2n) is 6.83. The molecule has 3 heterocycles. The van der Waals surface area contributed by atoms with Crippen molar-refractivity contribution in [2.45, 2.75) is 6.54 Å². The number of anilines is 1. The zero-order valence-corrected chi connectivity index (χ0v) is 17.1. The van der Waals surface area contributed by atoms with Crippen LogP contribution in [0.3, 0.4) is 0 Å². The van der Waals surface area contributed by atoms with Crippen LogP contribution >= 0.6 is 0 Å². The minimum Gasteiger partial charge on any atom is -0.355 e. The molecule has 0 aliphatic heterocycles. The van der Waals surface area contributed by atoms with Crippen molar-refractivity contribution >= 4 is 27.4 Å². The van der Waals surface area contributed by atoms with Gasteiger partial charge in [0.05, 0.1) is 18.1 Å². The van der Waals surface area contributed by atoms with Gasteiger partial charge in [0.15, 0.2) is 11.3 Å². The lowest BCUT2D eigenvalue weighted by atomic mass is 10.2. The summed E-state index contributed by atoms with van der Waals surface area (Å²) >= 11 is 0. The fourth-order valence-corrected chi connectivity index (χ4v) is 3.46. The van der Waals surface area contributed by atoms with E-state index in [2.05, 4.69) is 20.3 Å². The number of sulfonamides is 1. The molecule has 0 saturated carbocycles. The van der Waals surface area contributed by atoms with Gasteiger partial charge >= 0.3 is 0 Å². The van der Waals surface area contributed by atoms with Gasteiger partial charge in [-0.2, -0.15) is 10.2 Å². The first kappa shape index (κ1) is 19.6. The zero-order chi connectivity index (χ0) is 21.3. The minimum atomic E-state index is -3.71. The molecule has 0 fully saturated rings. The predicted octanol–water partition coefficient (Wildman–Crippen LogP) is 1.45. The number of aromatic nitrogens is 5. The van der Waals surface area contributed by atoms with Gasteiger partial charge < -0.3 is 4.90 Å². The Morgan fingerprint density at radius 1 is 1.23 bits per heavy atom. The summed E-state index contributed by atoms with van der Waals surface area (Å²) in [6.45, 7) is 0.629. The number of rotatable bonds is 6. The van der Waals surface area contributed by atoms with E-state index in [9.17, 15) is 13.2 Å². The number of carbonyl (C=O) groups excluding carboxylic acids is 1. The molecule has 0 saturated heterocycles. The van der Waals surface area contributed by atoms with Gasteiger partial charge in [-0.1, -0.05) is 30.3 Å². The molecule has 0 aliphatic carbocycles. The number of nitrogens with zero attached hydrogens (tertiary/aromatic N) is 5. The van der Waals surface area contributed by atoms with Gasteiger partial charge in [-0.3, -0.25) is 9.89 Å². The number of hydrogen-bond acceptors (Lipinski definition) is 7. The summed E-state index contributed by atoms with van der Waals surface area (Å²) in [6.07, 6.45) is 4.24. The lowest BCUT2D eigenvalue weighted by Gasteiger charge is -2.19. The average Bonchev–Trinajstić information content (AvgIpc) is 3.36. The number of nitrogens with one attached hydrogen (secondary N) is 2. The Morgan fingerprint density at radius 3 is 2.67 bits per heavy atom. The molecule has 0 aliphatic rings. The highest BCUT2D eigenvalue weighted by Crippen LogP contribution is 2.25. The van der Waals surface area contributed by atoms with E-state index in [-0.39, 0.29) is 5.69 Å². The molecule has 0 atom stereocenters. The summed E-state index contributed by atoms with van der Waals surface area (Å²) in [5.41, 5.74) is 2.87. The third-order valence-electron chi connectivity index (χ3n) is 4.37. The first-order valence-corrected chi connectivity index (χ1v) is 10.9. The lowest BCUT2D eigenvalue weighted by Crippen LogP contribution is -2.29. The number of carbonyl (C=O) groups is 1. The van der Waals surface area contributed by atoms with Gasteiger partial charge in [0.2, 0.25) is 10.0 Å². The number of benzene rings is 1. The molecule has 0 unspecified atom stereocenters. The third-order valence-corrected chi connectivity index (χ3v) is 4.93. The van der Waals surface area contributed by atoms with E-state index in [0.29, 0.717) is 23.7 Å². The fraction of sp³-hybridized carbons (Fsp3) is 0.158. The van der Waals surface area contributed by atoms with Gasteiger partial charge in [-0.25, -0.2) is 22.6 Å². The van der Waals surface area contributed by atoms with Gasteiger partial charge in [0, 0.05) is 37.5 Å². The first-order valence-electron chi connectivity index (χ1n) is 8.97. The third kappa shape index (κ3) is 4.15. The van der Waals surface area contributed by atoms with Crippen molar-refractivity contribution in [3.05, 3.63) is 66.1 Å². The molecule has 3 aromatic heterocycles. The Bertz CT molecular complexity index is 1300. The Morgan fingerprint density at radius 2 is 2.00 bits per heavy atom. The van der Waals surface area contributed by atoms with Crippen molar-refractivity contribution in [1.82, 2.24) is 29.5 Å². The van der Waals surface area contributed by atoms with Crippen LogP contribution in [0.5, 0.6) is 0 Å². The molecule has 30 heavy (non-hydrogen) atoms. The normalized spacial score (nSPS) is 11.5. The summed E-state index contributed by atoms with van der Waals surface area (Å²) in [5, 5.41) is 11.0. The number of hydrogen-bond donors (Lipinski definition) is 2. The molecule has 0 spiro atoms. The Hall–Kier alpha value is -3.73.